The van der Waals surface area contributed by atoms with Gasteiger partial charge in [0.25, 0.3) is 0 Å². The third-order valence-electron chi connectivity index (χ3n) is 1.31. The van der Waals surface area contributed by atoms with Gasteiger partial charge in [-0.05, 0) is 12.8 Å². The molecule has 0 radical (unpaired) electrons. The summed E-state index contributed by atoms with van der Waals surface area (Å²) in [7, 11) is 1.37. The topological polar surface area (TPSA) is 26.3 Å². The predicted molar refractivity (Wildman–Crippen MR) is 51.9 cm³/mol. The molecule has 0 fully saturated rings. The molecule has 0 spiro atoms. The van der Waals surface area contributed by atoms with Crippen LogP contribution < -0.4 is 0 Å². The molecule has 0 N–H and O–H groups in total. The summed E-state index contributed by atoms with van der Waals surface area (Å²) in [5.74, 6) is -0.284. The van der Waals surface area contributed by atoms with Crippen LogP contribution in [0, 0.1) is 0 Å². The lowest BCUT2D eigenvalue weighted by Crippen LogP contribution is -2.02. The number of methoxy groups -OCH3 is 1. The van der Waals surface area contributed by atoms with Crippen LogP contribution in [0.15, 0.2) is 25.3 Å². The summed E-state index contributed by atoms with van der Waals surface area (Å²) in [6.07, 6.45) is 2.84. The van der Waals surface area contributed by atoms with Crippen molar-refractivity contribution in [3.8, 4) is 0 Å². The number of carbonyl (C=O) groups is 1. The number of unbranched alkanes of at least 4 members (excludes halogenated alkanes) is 1. The van der Waals surface area contributed by atoms with E-state index in [0.29, 0.717) is 5.57 Å². The van der Waals surface area contributed by atoms with Gasteiger partial charge in [0.1, 0.15) is 0 Å². The average Bonchev–Trinajstić information content (AvgIpc) is 2.16. The molecule has 0 saturated heterocycles. The van der Waals surface area contributed by atoms with Gasteiger partial charge in [0, 0.05) is 5.57 Å². The molecule has 0 aromatic rings. The first-order valence-corrected chi connectivity index (χ1v) is 3.98. The lowest BCUT2D eigenvalue weighted by atomic mass is 10.1. The Morgan fingerprint density at radius 3 is 2.25 bits per heavy atom. The Labute approximate surface area is 74.9 Å². The highest BCUT2D eigenvalue weighted by molar-refractivity contribution is 5.87. The van der Waals surface area contributed by atoms with E-state index in [0.717, 1.165) is 19.3 Å². The zero-order valence-corrected chi connectivity index (χ0v) is 8.06. The minimum Gasteiger partial charge on any atom is -0.466 e. The van der Waals surface area contributed by atoms with Crippen molar-refractivity contribution in [3.63, 3.8) is 0 Å². The molecule has 0 aliphatic heterocycles. The first-order chi connectivity index (χ1) is 5.72. The van der Waals surface area contributed by atoms with Gasteiger partial charge in [-0.25, -0.2) is 4.79 Å². The van der Waals surface area contributed by atoms with Gasteiger partial charge in [-0.15, -0.1) is 13.2 Å². The number of carbonyl (C=O) groups excluding carboxylic acids is 1. The molecule has 0 rings (SSSR count). The van der Waals surface area contributed by atoms with E-state index in [-0.39, 0.29) is 5.97 Å². The van der Waals surface area contributed by atoms with Gasteiger partial charge in [-0.3, -0.25) is 0 Å². The fourth-order valence-corrected chi connectivity index (χ4v) is 0.637. The van der Waals surface area contributed by atoms with Gasteiger partial charge >= 0.3 is 5.97 Å². The van der Waals surface area contributed by atoms with E-state index in [4.69, 9.17) is 0 Å². The van der Waals surface area contributed by atoms with E-state index in [1.54, 1.807) is 0 Å². The van der Waals surface area contributed by atoms with E-state index in [1.807, 2.05) is 0 Å². The summed E-state index contributed by atoms with van der Waals surface area (Å²) < 4.78 is 4.47. The van der Waals surface area contributed by atoms with Crippen LogP contribution in [-0.4, -0.2) is 13.1 Å². The van der Waals surface area contributed by atoms with Crippen molar-refractivity contribution in [1.82, 2.24) is 0 Å². The summed E-state index contributed by atoms with van der Waals surface area (Å²) in [6, 6.07) is 0. The van der Waals surface area contributed by atoms with Crippen molar-refractivity contribution in [1.29, 1.82) is 0 Å². The largest absolute Gasteiger partial charge is 0.466 e. The van der Waals surface area contributed by atoms with Crippen LogP contribution in [0.25, 0.3) is 0 Å². The molecule has 0 aliphatic carbocycles. The van der Waals surface area contributed by atoms with E-state index < -0.39 is 0 Å². The zero-order chi connectivity index (χ0) is 9.98. The summed E-state index contributed by atoms with van der Waals surface area (Å²) in [6.45, 7) is 11.7. The quantitative estimate of drug-likeness (QED) is 0.368. The maximum atomic E-state index is 10.7. The molecule has 0 atom stereocenters. The molecule has 0 unspecified atom stereocenters. The number of rotatable bonds is 4. The Morgan fingerprint density at radius 2 is 1.92 bits per heavy atom. The lowest BCUT2D eigenvalue weighted by molar-refractivity contribution is -0.136. The SMILES string of the molecule is C=C.C=C(CCCC)C(=O)OC. The second kappa shape index (κ2) is 9.95. The molecule has 2 heteroatoms. The maximum Gasteiger partial charge on any atom is 0.333 e. The smallest absolute Gasteiger partial charge is 0.333 e. The molecule has 70 valence electrons. The highest BCUT2D eigenvalue weighted by Gasteiger charge is 2.03. The van der Waals surface area contributed by atoms with E-state index in [1.165, 1.54) is 7.11 Å². The van der Waals surface area contributed by atoms with Gasteiger partial charge in [-0.1, -0.05) is 19.9 Å². The average molecular weight is 170 g/mol. The molecule has 0 aromatic carbocycles. The third kappa shape index (κ3) is 7.06. The van der Waals surface area contributed by atoms with E-state index in [2.05, 4.69) is 31.4 Å². The van der Waals surface area contributed by atoms with Crippen molar-refractivity contribution < 1.29 is 9.53 Å². The molecular weight excluding hydrogens is 152 g/mol. The minimum atomic E-state index is -0.284. The first-order valence-electron chi connectivity index (χ1n) is 3.98. The number of hydrogen-bond acceptors (Lipinski definition) is 2. The predicted octanol–water partition coefficient (Wildman–Crippen LogP) is 2.71. The summed E-state index contributed by atoms with van der Waals surface area (Å²) >= 11 is 0. The van der Waals surface area contributed by atoms with E-state index >= 15 is 0 Å². The monoisotopic (exact) mass is 170 g/mol. The van der Waals surface area contributed by atoms with Crippen molar-refractivity contribution >= 4 is 5.97 Å². The van der Waals surface area contributed by atoms with Gasteiger partial charge in [-0.2, -0.15) is 0 Å². The highest BCUT2D eigenvalue weighted by Crippen LogP contribution is 2.05. The van der Waals surface area contributed by atoms with E-state index in [9.17, 15) is 4.79 Å². The Kier molecular flexibility index (Phi) is 11.2. The normalized spacial score (nSPS) is 7.83. The highest BCUT2D eigenvalue weighted by atomic mass is 16.5. The molecule has 12 heavy (non-hydrogen) atoms. The lowest BCUT2D eigenvalue weighted by Gasteiger charge is -2.00. The summed E-state index contributed by atoms with van der Waals surface area (Å²) in [5.41, 5.74) is 0.573. The van der Waals surface area contributed by atoms with Crippen LogP contribution in [0.1, 0.15) is 26.2 Å². The van der Waals surface area contributed by atoms with Crippen LogP contribution in [0.5, 0.6) is 0 Å². The van der Waals surface area contributed by atoms with Crippen LogP contribution >= 0.6 is 0 Å². The summed E-state index contributed by atoms with van der Waals surface area (Å²) in [5, 5.41) is 0. The second-order valence-electron chi connectivity index (χ2n) is 2.20. The Morgan fingerprint density at radius 1 is 1.42 bits per heavy atom. The van der Waals surface area contributed by atoms with Gasteiger partial charge < -0.3 is 4.74 Å². The van der Waals surface area contributed by atoms with Crippen molar-refractivity contribution in [2.24, 2.45) is 0 Å². The molecule has 0 aromatic heterocycles. The van der Waals surface area contributed by atoms with Crippen LogP contribution in [0.3, 0.4) is 0 Å². The molecule has 0 saturated carbocycles. The maximum absolute atomic E-state index is 10.7. The number of esters is 1. The van der Waals surface area contributed by atoms with Gasteiger partial charge in [0.05, 0.1) is 7.11 Å². The molecule has 0 aliphatic rings. The van der Waals surface area contributed by atoms with Crippen molar-refractivity contribution in [2.75, 3.05) is 7.11 Å². The number of ether oxygens (including phenoxy) is 1. The zero-order valence-electron chi connectivity index (χ0n) is 8.06. The van der Waals surface area contributed by atoms with Crippen LogP contribution in [0.4, 0.5) is 0 Å². The molecule has 0 bridgehead atoms. The Bertz CT molecular complexity index is 139. The van der Waals surface area contributed by atoms with Crippen molar-refractivity contribution in [2.45, 2.75) is 26.2 Å². The number of hydrogen-bond donors (Lipinski definition) is 0. The van der Waals surface area contributed by atoms with Crippen LogP contribution in [0.2, 0.25) is 0 Å². The van der Waals surface area contributed by atoms with Crippen LogP contribution in [-0.2, 0) is 9.53 Å². The molecular formula is C10H18O2. The first kappa shape index (κ1) is 13.5. The fourth-order valence-electron chi connectivity index (χ4n) is 0.637. The summed E-state index contributed by atoms with van der Waals surface area (Å²) in [4.78, 5) is 10.7. The Hall–Kier alpha value is -1.05. The molecule has 2 nitrogen and oxygen atoms in total. The standard InChI is InChI=1S/C8H14O2.C2H4/c1-4-5-6-7(2)8(9)10-3;1-2/h2,4-6H2,1,3H3;1-2H2. The van der Waals surface area contributed by atoms with Gasteiger partial charge in [0.15, 0.2) is 0 Å². The molecule has 0 heterocycles. The van der Waals surface area contributed by atoms with Gasteiger partial charge in [0.2, 0.25) is 0 Å². The second-order valence-corrected chi connectivity index (χ2v) is 2.20. The molecule has 0 amide bonds. The third-order valence-corrected chi connectivity index (χ3v) is 1.31. The van der Waals surface area contributed by atoms with Crippen molar-refractivity contribution in [3.05, 3.63) is 25.3 Å². The minimum absolute atomic E-state index is 0.284. The fraction of sp³-hybridized carbons (Fsp3) is 0.500. The Balaban J connectivity index is 0.